The van der Waals surface area contributed by atoms with Crippen LogP contribution in [0.3, 0.4) is 0 Å². The monoisotopic (exact) mass is 299 g/mol. The highest BCUT2D eigenvalue weighted by atomic mass is 35.5. The van der Waals surface area contributed by atoms with E-state index in [1.54, 1.807) is 0 Å². The summed E-state index contributed by atoms with van der Waals surface area (Å²) >= 11 is 0. The van der Waals surface area contributed by atoms with Gasteiger partial charge in [-0.25, -0.2) is 0 Å². The summed E-state index contributed by atoms with van der Waals surface area (Å²) in [6, 6.07) is 9.95. The van der Waals surface area contributed by atoms with Gasteiger partial charge in [0.05, 0.1) is 12.5 Å². The lowest BCUT2D eigenvalue weighted by molar-refractivity contribution is -0.137. The largest absolute Gasteiger partial charge is 0.481 e. The molecular formula is C15H22ClNO3. The van der Waals surface area contributed by atoms with Gasteiger partial charge in [0.1, 0.15) is 0 Å². The third kappa shape index (κ3) is 4.78. The van der Waals surface area contributed by atoms with Crippen molar-refractivity contribution < 1.29 is 15.0 Å². The standard InChI is InChI=1S/C15H21NO3.ClH/c17-14(12-5-2-1-3-6-12)11-13-7-4-9-16(13)10-8-15(18)19;/h1-3,5-6,13-14,17H,4,7-11H2,(H,18,19);1H. The zero-order valence-corrected chi connectivity index (χ0v) is 12.3. The second-order valence-corrected chi connectivity index (χ2v) is 5.14. The number of nitrogens with zero attached hydrogens (tertiary/aromatic N) is 1. The van der Waals surface area contributed by atoms with Crippen LogP contribution in [0.4, 0.5) is 0 Å². The first-order valence-corrected chi connectivity index (χ1v) is 6.85. The summed E-state index contributed by atoms with van der Waals surface area (Å²) in [6.45, 7) is 1.53. The van der Waals surface area contributed by atoms with Crippen LogP contribution < -0.4 is 0 Å². The van der Waals surface area contributed by atoms with Crippen LogP contribution in [0.5, 0.6) is 0 Å². The molecule has 2 atom stereocenters. The number of carboxylic acid groups (broad SMARTS) is 1. The summed E-state index contributed by atoms with van der Waals surface area (Å²) in [5.41, 5.74) is 0.938. The summed E-state index contributed by atoms with van der Waals surface area (Å²) in [4.78, 5) is 12.8. The molecule has 1 aliphatic heterocycles. The Balaban J connectivity index is 0.00000200. The molecule has 112 valence electrons. The van der Waals surface area contributed by atoms with Crippen molar-refractivity contribution in [2.24, 2.45) is 0 Å². The molecule has 0 amide bonds. The van der Waals surface area contributed by atoms with E-state index in [1.165, 1.54) is 0 Å². The van der Waals surface area contributed by atoms with Crippen LogP contribution in [-0.2, 0) is 4.79 Å². The van der Waals surface area contributed by atoms with Crippen LogP contribution in [0.1, 0.15) is 37.4 Å². The molecular weight excluding hydrogens is 278 g/mol. The molecule has 4 nitrogen and oxygen atoms in total. The molecule has 0 radical (unpaired) electrons. The second kappa shape index (κ2) is 8.25. The number of hydrogen-bond acceptors (Lipinski definition) is 3. The number of halogens is 1. The quantitative estimate of drug-likeness (QED) is 0.847. The molecule has 2 unspecified atom stereocenters. The minimum Gasteiger partial charge on any atom is -0.481 e. The molecule has 1 fully saturated rings. The lowest BCUT2D eigenvalue weighted by Gasteiger charge is -2.26. The maximum Gasteiger partial charge on any atom is 0.304 e. The van der Waals surface area contributed by atoms with E-state index in [1.807, 2.05) is 30.3 Å². The van der Waals surface area contributed by atoms with Crippen LogP contribution >= 0.6 is 12.4 Å². The first-order valence-electron chi connectivity index (χ1n) is 6.85. The van der Waals surface area contributed by atoms with Gasteiger partial charge < -0.3 is 10.2 Å². The highest BCUT2D eigenvalue weighted by molar-refractivity contribution is 5.85. The maximum atomic E-state index is 10.6. The minimum atomic E-state index is -0.755. The maximum absolute atomic E-state index is 10.6. The molecule has 1 aromatic carbocycles. The number of aliphatic hydroxyl groups is 1. The SMILES string of the molecule is Cl.O=C(O)CCN1CCCC1CC(O)c1ccccc1. The fourth-order valence-corrected chi connectivity index (χ4v) is 2.76. The first kappa shape index (κ1) is 17.0. The molecule has 20 heavy (non-hydrogen) atoms. The van der Waals surface area contributed by atoms with E-state index in [2.05, 4.69) is 4.90 Å². The third-order valence-corrected chi connectivity index (χ3v) is 3.79. The Kier molecular flexibility index (Phi) is 6.99. The Morgan fingerprint density at radius 3 is 2.70 bits per heavy atom. The van der Waals surface area contributed by atoms with Gasteiger partial charge >= 0.3 is 5.97 Å². The topological polar surface area (TPSA) is 60.8 Å². The van der Waals surface area contributed by atoms with Crippen LogP contribution in [0, 0.1) is 0 Å². The van der Waals surface area contributed by atoms with E-state index < -0.39 is 12.1 Å². The molecule has 5 heteroatoms. The molecule has 0 aromatic heterocycles. The number of aliphatic carboxylic acids is 1. The van der Waals surface area contributed by atoms with Gasteiger partial charge in [-0.15, -0.1) is 12.4 Å². The van der Waals surface area contributed by atoms with Gasteiger partial charge in [-0.1, -0.05) is 30.3 Å². The minimum absolute atomic E-state index is 0. The number of likely N-dealkylation sites (tertiary alicyclic amines) is 1. The average molecular weight is 300 g/mol. The molecule has 1 aromatic rings. The van der Waals surface area contributed by atoms with Crippen molar-refractivity contribution in [1.82, 2.24) is 4.90 Å². The van der Waals surface area contributed by atoms with Crippen LogP contribution in [-0.4, -0.2) is 40.2 Å². The van der Waals surface area contributed by atoms with Gasteiger partial charge in [-0.05, 0) is 31.4 Å². The van der Waals surface area contributed by atoms with Crippen LogP contribution in [0.15, 0.2) is 30.3 Å². The van der Waals surface area contributed by atoms with E-state index in [-0.39, 0.29) is 18.8 Å². The van der Waals surface area contributed by atoms with Gasteiger partial charge in [0, 0.05) is 12.6 Å². The third-order valence-electron chi connectivity index (χ3n) is 3.79. The molecule has 1 heterocycles. The van der Waals surface area contributed by atoms with Crippen molar-refractivity contribution in [2.45, 2.75) is 37.8 Å². The zero-order valence-electron chi connectivity index (χ0n) is 11.4. The number of rotatable bonds is 6. The molecule has 0 aliphatic carbocycles. The number of carbonyl (C=O) groups is 1. The summed E-state index contributed by atoms with van der Waals surface area (Å²) in [5, 5.41) is 19.0. The van der Waals surface area contributed by atoms with Gasteiger partial charge in [-0.2, -0.15) is 0 Å². The molecule has 0 bridgehead atoms. The fourth-order valence-electron chi connectivity index (χ4n) is 2.76. The van der Waals surface area contributed by atoms with E-state index in [4.69, 9.17) is 5.11 Å². The average Bonchev–Trinajstić information content (AvgIpc) is 2.84. The summed E-state index contributed by atoms with van der Waals surface area (Å²) in [6.07, 6.45) is 2.54. The number of hydrogen-bond donors (Lipinski definition) is 2. The Morgan fingerprint density at radius 2 is 2.05 bits per heavy atom. The van der Waals surface area contributed by atoms with Crippen molar-refractivity contribution in [3.63, 3.8) is 0 Å². The fraction of sp³-hybridized carbons (Fsp3) is 0.533. The molecule has 0 spiro atoms. The smallest absolute Gasteiger partial charge is 0.304 e. The van der Waals surface area contributed by atoms with Crippen LogP contribution in [0.2, 0.25) is 0 Å². The van der Waals surface area contributed by atoms with Gasteiger partial charge in [0.2, 0.25) is 0 Å². The van der Waals surface area contributed by atoms with E-state index in [9.17, 15) is 9.90 Å². The molecule has 1 aliphatic rings. The van der Waals surface area contributed by atoms with Crippen molar-refractivity contribution >= 4 is 18.4 Å². The number of carboxylic acids is 1. The van der Waals surface area contributed by atoms with Gasteiger partial charge in [0.15, 0.2) is 0 Å². The predicted octanol–water partition coefficient (Wildman–Crippen LogP) is 2.47. The number of benzene rings is 1. The first-order chi connectivity index (χ1) is 9.16. The Hall–Kier alpha value is -1.10. The number of aliphatic hydroxyl groups excluding tert-OH is 1. The molecule has 1 saturated heterocycles. The van der Waals surface area contributed by atoms with Gasteiger partial charge in [-0.3, -0.25) is 9.69 Å². The Bertz CT molecular complexity index is 413. The highest BCUT2D eigenvalue weighted by Crippen LogP contribution is 2.27. The summed E-state index contributed by atoms with van der Waals surface area (Å²) < 4.78 is 0. The normalized spacial score (nSPS) is 20.4. The lowest BCUT2D eigenvalue weighted by Crippen LogP contribution is -2.32. The van der Waals surface area contributed by atoms with Crippen molar-refractivity contribution in [1.29, 1.82) is 0 Å². The summed E-state index contributed by atoms with van der Waals surface area (Å²) in [7, 11) is 0. The van der Waals surface area contributed by atoms with Crippen molar-refractivity contribution in [2.75, 3.05) is 13.1 Å². The molecule has 0 saturated carbocycles. The van der Waals surface area contributed by atoms with Crippen LogP contribution in [0.25, 0.3) is 0 Å². The van der Waals surface area contributed by atoms with E-state index in [0.29, 0.717) is 19.0 Å². The lowest BCUT2D eigenvalue weighted by atomic mass is 10.0. The highest BCUT2D eigenvalue weighted by Gasteiger charge is 2.27. The zero-order chi connectivity index (χ0) is 13.7. The molecule has 2 N–H and O–H groups in total. The Labute approximate surface area is 125 Å². The second-order valence-electron chi connectivity index (χ2n) is 5.14. The molecule has 2 rings (SSSR count). The van der Waals surface area contributed by atoms with Gasteiger partial charge in [0.25, 0.3) is 0 Å². The van der Waals surface area contributed by atoms with Crippen molar-refractivity contribution in [3.05, 3.63) is 35.9 Å². The Morgan fingerprint density at radius 1 is 1.35 bits per heavy atom. The predicted molar refractivity (Wildman–Crippen MR) is 80.1 cm³/mol. The van der Waals surface area contributed by atoms with E-state index in [0.717, 1.165) is 24.9 Å². The summed E-state index contributed by atoms with van der Waals surface area (Å²) in [5.74, 6) is -0.755. The van der Waals surface area contributed by atoms with E-state index >= 15 is 0 Å². The van der Waals surface area contributed by atoms with Crippen molar-refractivity contribution in [3.8, 4) is 0 Å².